The Morgan fingerprint density at radius 3 is 2.52 bits per heavy atom. The molecule has 21 heavy (non-hydrogen) atoms. The first-order valence-electron chi connectivity index (χ1n) is 7.66. The lowest BCUT2D eigenvalue weighted by Gasteiger charge is -2.35. The van der Waals surface area contributed by atoms with Crippen LogP contribution < -0.4 is 4.74 Å². The highest BCUT2D eigenvalue weighted by Crippen LogP contribution is 2.21. The van der Waals surface area contributed by atoms with Gasteiger partial charge in [-0.2, -0.15) is 0 Å². The fourth-order valence-corrected chi connectivity index (χ4v) is 2.44. The van der Waals surface area contributed by atoms with Gasteiger partial charge in [-0.3, -0.25) is 4.79 Å². The Morgan fingerprint density at radius 1 is 1.29 bits per heavy atom. The Bertz CT molecular complexity index is 457. The van der Waals surface area contributed by atoms with E-state index in [-0.39, 0.29) is 5.91 Å². The molecule has 1 heterocycles. The molecule has 1 aliphatic heterocycles. The quantitative estimate of drug-likeness (QED) is 0.848. The minimum atomic E-state index is -0.606. The van der Waals surface area contributed by atoms with Gasteiger partial charge in [0.1, 0.15) is 5.75 Å². The summed E-state index contributed by atoms with van der Waals surface area (Å²) in [6, 6.07) is 7.92. The second kappa shape index (κ2) is 6.94. The van der Waals surface area contributed by atoms with E-state index in [0.29, 0.717) is 39.0 Å². The Morgan fingerprint density at radius 2 is 1.90 bits per heavy atom. The molecule has 0 atom stereocenters. The van der Waals surface area contributed by atoms with Crippen LogP contribution in [0.5, 0.6) is 5.75 Å². The van der Waals surface area contributed by atoms with Gasteiger partial charge in [0.2, 0.25) is 5.91 Å². The van der Waals surface area contributed by atoms with Crippen molar-refractivity contribution in [2.75, 3.05) is 19.7 Å². The van der Waals surface area contributed by atoms with Gasteiger partial charge < -0.3 is 14.7 Å². The van der Waals surface area contributed by atoms with Crippen molar-refractivity contribution in [3.8, 4) is 5.75 Å². The van der Waals surface area contributed by atoms with Crippen LogP contribution in [0.25, 0.3) is 0 Å². The Labute approximate surface area is 126 Å². The van der Waals surface area contributed by atoms with Crippen molar-refractivity contribution < 1.29 is 14.6 Å². The molecule has 1 aromatic rings. The maximum atomic E-state index is 12.1. The van der Waals surface area contributed by atoms with Crippen molar-refractivity contribution >= 4 is 5.91 Å². The normalized spacial score (nSPS) is 17.6. The Balaban J connectivity index is 1.64. The van der Waals surface area contributed by atoms with Gasteiger partial charge >= 0.3 is 0 Å². The first-order valence-corrected chi connectivity index (χ1v) is 7.66. The van der Waals surface area contributed by atoms with Gasteiger partial charge in [0.15, 0.2) is 0 Å². The van der Waals surface area contributed by atoms with Gasteiger partial charge in [-0.1, -0.05) is 17.7 Å². The molecule has 0 saturated carbocycles. The van der Waals surface area contributed by atoms with Gasteiger partial charge in [-0.25, -0.2) is 0 Å². The Hall–Kier alpha value is -1.55. The van der Waals surface area contributed by atoms with Gasteiger partial charge in [-0.15, -0.1) is 0 Å². The zero-order chi connectivity index (χ0) is 15.3. The van der Waals surface area contributed by atoms with Crippen molar-refractivity contribution in [3.05, 3.63) is 29.8 Å². The third-order valence-electron chi connectivity index (χ3n) is 4.02. The summed E-state index contributed by atoms with van der Waals surface area (Å²) in [4.78, 5) is 13.9. The van der Waals surface area contributed by atoms with E-state index >= 15 is 0 Å². The molecular weight excluding hydrogens is 266 g/mol. The first-order chi connectivity index (χ1) is 9.96. The van der Waals surface area contributed by atoms with E-state index in [2.05, 4.69) is 0 Å². The van der Waals surface area contributed by atoms with Gasteiger partial charge in [0, 0.05) is 19.5 Å². The fraction of sp³-hybridized carbons (Fsp3) is 0.588. The number of likely N-dealkylation sites (tertiary alicyclic amines) is 1. The molecule has 1 aromatic carbocycles. The predicted molar refractivity (Wildman–Crippen MR) is 82.3 cm³/mol. The monoisotopic (exact) mass is 291 g/mol. The van der Waals surface area contributed by atoms with Crippen LogP contribution in [0.1, 0.15) is 38.2 Å². The Kier molecular flexibility index (Phi) is 5.23. The van der Waals surface area contributed by atoms with Crippen molar-refractivity contribution in [1.29, 1.82) is 0 Å². The van der Waals surface area contributed by atoms with Crippen LogP contribution in [0.2, 0.25) is 0 Å². The second-order valence-corrected chi connectivity index (χ2v) is 6.14. The molecule has 1 N–H and O–H groups in total. The molecule has 1 amide bonds. The lowest BCUT2D eigenvalue weighted by Crippen LogP contribution is -2.45. The van der Waals surface area contributed by atoms with E-state index in [1.54, 1.807) is 0 Å². The molecule has 1 aliphatic rings. The smallest absolute Gasteiger partial charge is 0.222 e. The molecular formula is C17H25NO3. The SMILES string of the molecule is Cc1ccc(OCCCC(=O)N2CCC(C)(O)CC2)cc1. The molecule has 4 heteroatoms. The zero-order valence-electron chi connectivity index (χ0n) is 13.0. The van der Waals surface area contributed by atoms with Crippen molar-refractivity contribution in [3.63, 3.8) is 0 Å². The number of aryl methyl sites for hydroxylation is 1. The number of ether oxygens (including phenoxy) is 1. The number of hydrogen-bond acceptors (Lipinski definition) is 3. The van der Waals surface area contributed by atoms with Gasteiger partial charge in [0.25, 0.3) is 0 Å². The summed E-state index contributed by atoms with van der Waals surface area (Å²) in [6.45, 7) is 5.75. The van der Waals surface area contributed by atoms with Crippen molar-refractivity contribution in [2.24, 2.45) is 0 Å². The van der Waals surface area contributed by atoms with Gasteiger partial charge in [-0.05, 0) is 45.2 Å². The number of rotatable bonds is 5. The number of carbonyl (C=O) groups excluding carboxylic acids is 1. The molecule has 0 bridgehead atoms. The first kappa shape index (κ1) is 15.8. The van der Waals surface area contributed by atoms with E-state index in [0.717, 1.165) is 12.2 Å². The van der Waals surface area contributed by atoms with E-state index < -0.39 is 5.60 Å². The number of piperidine rings is 1. The summed E-state index contributed by atoms with van der Waals surface area (Å²) < 4.78 is 5.62. The van der Waals surface area contributed by atoms with E-state index in [1.165, 1.54) is 5.56 Å². The largest absolute Gasteiger partial charge is 0.494 e. The highest BCUT2D eigenvalue weighted by molar-refractivity contribution is 5.76. The van der Waals surface area contributed by atoms with E-state index in [1.807, 2.05) is 43.0 Å². The maximum Gasteiger partial charge on any atom is 0.222 e. The molecule has 0 unspecified atom stereocenters. The molecule has 2 rings (SSSR count). The number of hydrogen-bond donors (Lipinski definition) is 1. The van der Waals surface area contributed by atoms with Crippen LogP contribution in [-0.4, -0.2) is 41.2 Å². The summed E-state index contributed by atoms with van der Waals surface area (Å²) in [6.07, 6.45) is 2.56. The van der Waals surface area contributed by atoms with Crippen LogP contribution in [0.15, 0.2) is 24.3 Å². The lowest BCUT2D eigenvalue weighted by atomic mass is 9.93. The van der Waals surface area contributed by atoms with Crippen LogP contribution in [-0.2, 0) is 4.79 Å². The highest BCUT2D eigenvalue weighted by atomic mass is 16.5. The molecule has 0 radical (unpaired) electrons. The minimum Gasteiger partial charge on any atom is -0.494 e. The van der Waals surface area contributed by atoms with Crippen molar-refractivity contribution in [2.45, 2.75) is 45.1 Å². The molecule has 1 saturated heterocycles. The molecule has 0 aliphatic carbocycles. The number of aliphatic hydroxyl groups is 1. The number of carbonyl (C=O) groups is 1. The van der Waals surface area contributed by atoms with E-state index in [4.69, 9.17) is 4.74 Å². The van der Waals surface area contributed by atoms with Gasteiger partial charge in [0.05, 0.1) is 12.2 Å². The molecule has 116 valence electrons. The molecule has 0 aromatic heterocycles. The summed E-state index contributed by atoms with van der Waals surface area (Å²) in [5.74, 6) is 1.01. The summed E-state index contributed by atoms with van der Waals surface area (Å²) in [7, 11) is 0. The summed E-state index contributed by atoms with van der Waals surface area (Å²) in [5.41, 5.74) is 0.601. The second-order valence-electron chi connectivity index (χ2n) is 6.14. The van der Waals surface area contributed by atoms with Crippen molar-refractivity contribution in [1.82, 2.24) is 4.90 Å². The predicted octanol–water partition coefficient (Wildman–Crippen LogP) is 2.53. The summed E-state index contributed by atoms with van der Waals surface area (Å²) >= 11 is 0. The number of amides is 1. The zero-order valence-corrected chi connectivity index (χ0v) is 13.0. The number of benzene rings is 1. The average molecular weight is 291 g/mol. The maximum absolute atomic E-state index is 12.1. The lowest BCUT2D eigenvalue weighted by molar-refractivity contribution is -0.135. The molecule has 1 fully saturated rings. The molecule has 4 nitrogen and oxygen atoms in total. The van der Waals surface area contributed by atoms with Crippen LogP contribution in [0.4, 0.5) is 0 Å². The topological polar surface area (TPSA) is 49.8 Å². The fourth-order valence-electron chi connectivity index (χ4n) is 2.44. The third-order valence-corrected chi connectivity index (χ3v) is 4.02. The standard InChI is InChI=1S/C17H25NO3/c1-14-5-7-15(8-6-14)21-13-3-4-16(19)18-11-9-17(2,20)10-12-18/h5-8,20H,3-4,9-13H2,1-2H3. The summed E-state index contributed by atoms with van der Waals surface area (Å²) in [5, 5.41) is 9.88. The van der Waals surface area contributed by atoms with Crippen LogP contribution >= 0.6 is 0 Å². The van der Waals surface area contributed by atoms with Crippen LogP contribution in [0, 0.1) is 6.92 Å². The average Bonchev–Trinajstić information content (AvgIpc) is 2.45. The third kappa shape index (κ3) is 5.05. The highest BCUT2D eigenvalue weighted by Gasteiger charge is 2.29. The van der Waals surface area contributed by atoms with Crippen LogP contribution in [0.3, 0.4) is 0 Å². The number of nitrogens with zero attached hydrogens (tertiary/aromatic N) is 1. The van der Waals surface area contributed by atoms with E-state index in [9.17, 15) is 9.90 Å². The molecule has 0 spiro atoms. The minimum absolute atomic E-state index is 0.165.